The fourth-order valence-corrected chi connectivity index (χ4v) is 2.25. The number of rotatable bonds is 12. The van der Waals surface area contributed by atoms with Gasteiger partial charge in [0.05, 0.1) is 5.92 Å². The highest BCUT2D eigenvalue weighted by Gasteiger charge is 2.20. The van der Waals surface area contributed by atoms with E-state index in [1.54, 1.807) is 6.92 Å². The molecule has 0 fully saturated rings. The van der Waals surface area contributed by atoms with Crippen molar-refractivity contribution in [2.75, 3.05) is 13.2 Å². The number of carbonyl (C=O) groups excluding carboxylic acids is 3. The van der Waals surface area contributed by atoms with E-state index in [-0.39, 0.29) is 24.9 Å². The van der Waals surface area contributed by atoms with Crippen molar-refractivity contribution in [1.82, 2.24) is 0 Å². The summed E-state index contributed by atoms with van der Waals surface area (Å²) in [5.41, 5.74) is 0. The zero-order valence-electron chi connectivity index (χ0n) is 15.9. The van der Waals surface area contributed by atoms with E-state index in [0.717, 1.165) is 12.8 Å². The second-order valence-corrected chi connectivity index (χ2v) is 5.96. The van der Waals surface area contributed by atoms with Crippen LogP contribution < -0.4 is 0 Å². The fourth-order valence-electron chi connectivity index (χ4n) is 2.25. The van der Waals surface area contributed by atoms with Gasteiger partial charge in [-0.15, -0.1) is 0 Å². The summed E-state index contributed by atoms with van der Waals surface area (Å²) >= 11 is 0. The average Bonchev–Trinajstić information content (AvgIpc) is 2.53. The van der Waals surface area contributed by atoms with Crippen LogP contribution in [0.1, 0.15) is 65.7 Å². The highest BCUT2D eigenvalue weighted by molar-refractivity contribution is 5.96. The molecule has 0 aliphatic carbocycles. The quantitative estimate of drug-likeness (QED) is 0.266. The van der Waals surface area contributed by atoms with Crippen LogP contribution in [-0.2, 0) is 23.9 Å². The van der Waals surface area contributed by atoms with Gasteiger partial charge in [-0.2, -0.15) is 0 Å². The lowest BCUT2D eigenvalue weighted by atomic mass is 9.96. The summed E-state index contributed by atoms with van der Waals surface area (Å²) in [5.74, 6) is -3.49. The fraction of sp³-hybridized carbons (Fsp3) is 0.778. The highest BCUT2D eigenvalue weighted by atomic mass is 16.6. The molecule has 0 aromatic carbocycles. The molecule has 8 nitrogen and oxygen atoms in total. The molecule has 0 saturated carbocycles. The van der Waals surface area contributed by atoms with Crippen molar-refractivity contribution < 1.29 is 39.2 Å². The Hall–Kier alpha value is -1.80. The first-order chi connectivity index (χ1) is 12.2. The van der Waals surface area contributed by atoms with E-state index in [4.69, 9.17) is 15.3 Å². The number of hydrogen-bond donors (Lipinski definition) is 3. The molecule has 0 amide bonds. The maximum absolute atomic E-state index is 11.6. The summed E-state index contributed by atoms with van der Waals surface area (Å²) in [6.45, 7) is 4.38. The Morgan fingerprint density at radius 2 is 1.35 bits per heavy atom. The van der Waals surface area contributed by atoms with Crippen LogP contribution in [0.25, 0.3) is 0 Å². The first-order valence-electron chi connectivity index (χ1n) is 8.88. The average molecular weight is 376 g/mol. The number of carbonyl (C=O) groups is 4. The Kier molecular flexibility index (Phi) is 16.9. The molecule has 0 aliphatic rings. The minimum atomic E-state index is -1.02. The summed E-state index contributed by atoms with van der Waals surface area (Å²) < 4.78 is 4.57. The largest absolute Gasteiger partial charge is 0.481 e. The summed E-state index contributed by atoms with van der Waals surface area (Å²) in [6, 6.07) is 0. The van der Waals surface area contributed by atoms with Crippen LogP contribution in [0.3, 0.4) is 0 Å². The van der Waals surface area contributed by atoms with Crippen molar-refractivity contribution in [3.05, 3.63) is 0 Å². The van der Waals surface area contributed by atoms with Gasteiger partial charge in [-0.3, -0.25) is 19.2 Å². The molecule has 0 aromatic heterocycles. The van der Waals surface area contributed by atoms with Gasteiger partial charge in [-0.05, 0) is 39.0 Å². The molecule has 0 aromatic rings. The number of aliphatic hydroxyl groups excluding tert-OH is 2. The number of carboxylic acids is 1. The van der Waals surface area contributed by atoms with Crippen molar-refractivity contribution in [2.45, 2.75) is 65.7 Å². The molecule has 0 bridgehead atoms. The third kappa shape index (κ3) is 14.5. The van der Waals surface area contributed by atoms with Crippen LogP contribution >= 0.6 is 0 Å². The van der Waals surface area contributed by atoms with Crippen LogP contribution in [0, 0.1) is 11.8 Å². The third-order valence-electron chi connectivity index (χ3n) is 3.70. The first-order valence-corrected chi connectivity index (χ1v) is 8.88. The Labute approximate surface area is 154 Å². The highest BCUT2D eigenvalue weighted by Crippen LogP contribution is 2.18. The number of unbranched alkanes of at least 4 members (excludes halogenated alkanes) is 2. The normalized spacial score (nSPS) is 11.3. The lowest BCUT2D eigenvalue weighted by Gasteiger charge is -2.14. The molecule has 3 N–H and O–H groups in total. The van der Waals surface area contributed by atoms with E-state index in [0.29, 0.717) is 32.1 Å². The van der Waals surface area contributed by atoms with Gasteiger partial charge in [0.15, 0.2) is 0 Å². The second-order valence-electron chi connectivity index (χ2n) is 5.96. The summed E-state index contributed by atoms with van der Waals surface area (Å²) in [4.78, 5) is 42.9. The number of ether oxygens (including phenoxy) is 1. The minimum absolute atomic E-state index is 0.102. The van der Waals surface area contributed by atoms with E-state index < -0.39 is 23.8 Å². The Bertz CT molecular complexity index is 409. The number of carboxylic acid groups (broad SMARTS) is 1. The number of aliphatic carboxylic acids is 1. The van der Waals surface area contributed by atoms with Crippen LogP contribution in [0.2, 0.25) is 0 Å². The van der Waals surface area contributed by atoms with Gasteiger partial charge in [0.1, 0.15) is 11.7 Å². The van der Waals surface area contributed by atoms with Gasteiger partial charge >= 0.3 is 17.9 Å². The number of Topliss-reactive ketones (excluding diaryl/α,β-unsaturated/α-hetero) is 1. The number of ketones is 1. The van der Waals surface area contributed by atoms with Crippen LogP contribution in [0.5, 0.6) is 0 Å². The van der Waals surface area contributed by atoms with E-state index in [9.17, 15) is 19.2 Å². The van der Waals surface area contributed by atoms with E-state index >= 15 is 0 Å². The summed E-state index contributed by atoms with van der Waals surface area (Å²) in [7, 11) is 0. The van der Waals surface area contributed by atoms with Crippen molar-refractivity contribution in [3.8, 4) is 0 Å². The summed E-state index contributed by atoms with van der Waals surface area (Å²) in [5, 5.41) is 25.7. The molecule has 1 unspecified atom stereocenters. The van der Waals surface area contributed by atoms with Crippen molar-refractivity contribution in [2.24, 2.45) is 11.8 Å². The van der Waals surface area contributed by atoms with Crippen molar-refractivity contribution >= 4 is 23.7 Å². The molecular formula is C18H32O8. The van der Waals surface area contributed by atoms with Crippen molar-refractivity contribution in [3.63, 3.8) is 0 Å². The lowest BCUT2D eigenvalue weighted by Crippen LogP contribution is -2.20. The molecule has 26 heavy (non-hydrogen) atoms. The van der Waals surface area contributed by atoms with E-state index in [1.165, 1.54) is 13.8 Å². The van der Waals surface area contributed by atoms with Crippen LogP contribution in [-0.4, -0.2) is 52.2 Å². The standard InChI is InChI=1S/C12H22O5.C6H10O3/c1-10(15)17-12(16)11(6-2-4-8-13)7-3-5-9-14;1-3-5(4(2)7)6(8)9/h11,13-14H,2-9H2,1H3;5H,3H2,1-2H3,(H,8,9). The van der Waals surface area contributed by atoms with Crippen LogP contribution in [0.15, 0.2) is 0 Å². The van der Waals surface area contributed by atoms with Crippen LogP contribution in [0.4, 0.5) is 0 Å². The third-order valence-corrected chi connectivity index (χ3v) is 3.70. The van der Waals surface area contributed by atoms with Gasteiger partial charge in [0.25, 0.3) is 0 Å². The monoisotopic (exact) mass is 376 g/mol. The maximum atomic E-state index is 11.6. The molecule has 0 rings (SSSR count). The first kappa shape index (κ1) is 26.4. The van der Waals surface area contributed by atoms with Gasteiger partial charge in [0, 0.05) is 20.1 Å². The Morgan fingerprint density at radius 1 is 0.885 bits per heavy atom. The number of aliphatic hydroxyl groups is 2. The van der Waals surface area contributed by atoms with Gasteiger partial charge in [-0.25, -0.2) is 0 Å². The molecule has 8 heteroatoms. The molecule has 0 radical (unpaired) electrons. The topological polar surface area (TPSA) is 138 Å². The van der Waals surface area contributed by atoms with Gasteiger partial charge < -0.3 is 20.1 Å². The molecule has 1 atom stereocenters. The zero-order valence-corrected chi connectivity index (χ0v) is 15.9. The number of hydrogen-bond acceptors (Lipinski definition) is 7. The van der Waals surface area contributed by atoms with Gasteiger partial charge in [0.2, 0.25) is 0 Å². The predicted octanol–water partition coefficient (Wildman–Crippen LogP) is 1.70. The zero-order chi connectivity index (χ0) is 20.5. The molecular weight excluding hydrogens is 344 g/mol. The molecule has 0 spiro atoms. The maximum Gasteiger partial charge on any atom is 0.316 e. The predicted molar refractivity (Wildman–Crippen MR) is 94.2 cm³/mol. The smallest absolute Gasteiger partial charge is 0.316 e. The SMILES string of the molecule is CC(=O)OC(=O)C(CCCCO)CCCCO.CCC(C(C)=O)C(=O)O. The Balaban J connectivity index is 0. The minimum Gasteiger partial charge on any atom is -0.481 e. The lowest BCUT2D eigenvalue weighted by molar-refractivity contribution is -0.161. The number of esters is 2. The summed E-state index contributed by atoms with van der Waals surface area (Å²) in [6.07, 6.45) is 4.34. The second kappa shape index (κ2) is 16.7. The Morgan fingerprint density at radius 3 is 1.58 bits per heavy atom. The molecule has 152 valence electrons. The molecule has 0 heterocycles. The molecule has 0 saturated heterocycles. The molecule has 0 aliphatic heterocycles. The van der Waals surface area contributed by atoms with Gasteiger partial charge in [-0.1, -0.05) is 19.8 Å². The van der Waals surface area contributed by atoms with E-state index in [1.807, 2.05) is 0 Å². The van der Waals surface area contributed by atoms with Crippen molar-refractivity contribution in [1.29, 1.82) is 0 Å². The van der Waals surface area contributed by atoms with E-state index in [2.05, 4.69) is 4.74 Å².